The van der Waals surface area contributed by atoms with Gasteiger partial charge in [-0.15, -0.1) is 0 Å². The lowest BCUT2D eigenvalue weighted by molar-refractivity contribution is 0.254. The molecule has 2 aliphatic heterocycles. The smallest absolute Gasteiger partial charge is 0.190 e. The van der Waals surface area contributed by atoms with E-state index in [1.807, 2.05) is 12.1 Å². The van der Waals surface area contributed by atoms with Crippen LogP contribution in [-0.4, -0.2) is 79.4 Å². The molecule has 1 aromatic carbocycles. The lowest BCUT2D eigenvalue weighted by atomic mass is 10.1. The molecule has 0 amide bonds. The average Bonchev–Trinajstić information content (AvgIpc) is 3.31. The summed E-state index contributed by atoms with van der Waals surface area (Å²) in [5.41, 5.74) is 0.791. The van der Waals surface area contributed by atoms with Crippen LogP contribution in [0.15, 0.2) is 17.3 Å². The van der Waals surface area contributed by atoms with Crippen molar-refractivity contribution in [2.75, 3.05) is 50.2 Å². The van der Waals surface area contributed by atoms with Crippen molar-refractivity contribution in [3.05, 3.63) is 12.1 Å². The maximum atomic E-state index is 11.9. The molecule has 34 heavy (non-hydrogen) atoms. The van der Waals surface area contributed by atoms with Crippen molar-refractivity contribution in [2.24, 2.45) is 0 Å². The van der Waals surface area contributed by atoms with E-state index in [-0.39, 0.29) is 17.5 Å². The summed E-state index contributed by atoms with van der Waals surface area (Å²) in [5.74, 6) is 2.47. The van der Waals surface area contributed by atoms with Gasteiger partial charge in [-0.05, 0) is 51.3 Å². The van der Waals surface area contributed by atoms with E-state index in [9.17, 15) is 8.42 Å². The number of thioether (sulfide) groups is 1. The number of likely N-dealkylation sites (tertiary alicyclic amines) is 1. The van der Waals surface area contributed by atoms with E-state index in [0.29, 0.717) is 41.4 Å². The zero-order valence-electron chi connectivity index (χ0n) is 20.4. The molecule has 0 spiro atoms. The van der Waals surface area contributed by atoms with Crippen LogP contribution < -0.4 is 14.8 Å². The average molecular weight is 509 g/mol. The van der Waals surface area contributed by atoms with Crippen LogP contribution in [0.5, 0.6) is 11.5 Å². The van der Waals surface area contributed by atoms with Gasteiger partial charge >= 0.3 is 0 Å². The van der Waals surface area contributed by atoms with Gasteiger partial charge < -0.3 is 19.7 Å². The van der Waals surface area contributed by atoms with Crippen LogP contribution in [0.3, 0.4) is 0 Å². The van der Waals surface area contributed by atoms with Crippen molar-refractivity contribution < 1.29 is 17.9 Å². The quantitative estimate of drug-likeness (QED) is 0.290. The standard InChI is InChI=1S/C24H36N4O4S2/c1-17(2)33-24-26-20-16-22(32-12-6-11-28-9-4-5-10-28)21(31-3)15-19(20)23(27-24)25-18-7-13-34(29,30)14-8-18/h15-18H,4-14H2,1-3H3,(H,25,26,27). The van der Waals surface area contributed by atoms with Crippen LogP contribution in [0.2, 0.25) is 0 Å². The fraction of sp³-hybridized carbons (Fsp3) is 0.667. The summed E-state index contributed by atoms with van der Waals surface area (Å²) in [4.78, 5) is 12.1. The predicted molar refractivity (Wildman–Crippen MR) is 138 cm³/mol. The number of aromatic nitrogens is 2. The van der Waals surface area contributed by atoms with Crippen LogP contribution in [0.4, 0.5) is 5.82 Å². The largest absolute Gasteiger partial charge is 0.493 e. The van der Waals surface area contributed by atoms with Gasteiger partial charge in [0.1, 0.15) is 15.7 Å². The molecular formula is C24H36N4O4S2. The van der Waals surface area contributed by atoms with Gasteiger partial charge in [-0.3, -0.25) is 0 Å². The summed E-state index contributed by atoms with van der Waals surface area (Å²) in [5, 5.41) is 5.38. The van der Waals surface area contributed by atoms with Gasteiger partial charge in [0.25, 0.3) is 0 Å². The van der Waals surface area contributed by atoms with Gasteiger partial charge in [0.05, 0.1) is 30.7 Å². The number of nitrogens with zero attached hydrogens (tertiary/aromatic N) is 3. The van der Waals surface area contributed by atoms with Gasteiger partial charge in [0, 0.05) is 29.3 Å². The molecule has 0 radical (unpaired) electrons. The van der Waals surface area contributed by atoms with E-state index in [1.54, 1.807) is 18.9 Å². The third-order valence-corrected chi connectivity index (χ3v) is 8.85. The number of fused-ring (bicyclic) bond motifs is 1. The second-order valence-electron chi connectivity index (χ2n) is 9.36. The highest BCUT2D eigenvalue weighted by molar-refractivity contribution is 7.99. The third kappa shape index (κ3) is 6.66. The fourth-order valence-electron chi connectivity index (χ4n) is 4.47. The molecule has 2 aromatic rings. The van der Waals surface area contributed by atoms with E-state index in [4.69, 9.17) is 19.4 Å². The first-order chi connectivity index (χ1) is 16.3. The van der Waals surface area contributed by atoms with Gasteiger partial charge in [0.2, 0.25) is 0 Å². The second kappa shape index (κ2) is 11.3. The maximum Gasteiger partial charge on any atom is 0.190 e. The Labute approximate surface area is 207 Å². The molecule has 0 atom stereocenters. The minimum Gasteiger partial charge on any atom is -0.493 e. The Balaban J connectivity index is 1.56. The number of nitrogens with one attached hydrogen (secondary N) is 1. The highest BCUT2D eigenvalue weighted by Crippen LogP contribution is 2.36. The van der Waals surface area contributed by atoms with Crippen molar-refractivity contribution in [1.82, 2.24) is 14.9 Å². The minimum absolute atomic E-state index is 0.0611. The fourth-order valence-corrected chi connectivity index (χ4v) is 6.67. The summed E-state index contributed by atoms with van der Waals surface area (Å²) in [6, 6.07) is 3.93. The molecule has 1 N–H and O–H groups in total. The SMILES string of the molecule is COc1cc2c(NC3CCS(=O)(=O)CC3)nc(SC(C)C)nc2cc1OCCCN1CCCC1. The van der Waals surface area contributed by atoms with Crippen molar-refractivity contribution in [3.8, 4) is 11.5 Å². The first kappa shape index (κ1) is 25.3. The second-order valence-corrected chi connectivity index (χ2v) is 13.2. The van der Waals surface area contributed by atoms with E-state index in [1.165, 1.54) is 25.9 Å². The molecule has 2 saturated heterocycles. The number of hydrogen-bond acceptors (Lipinski definition) is 9. The number of methoxy groups -OCH3 is 1. The Kier molecular flexibility index (Phi) is 8.42. The lowest BCUT2D eigenvalue weighted by Gasteiger charge is -2.24. The Bertz CT molecular complexity index is 1070. The number of hydrogen-bond donors (Lipinski definition) is 1. The third-order valence-electron chi connectivity index (χ3n) is 6.27. The summed E-state index contributed by atoms with van der Waals surface area (Å²) in [6.07, 6.45) is 4.72. The molecule has 10 heteroatoms. The molecule has 188 valence electrons. The summed E-state index contributed by atoms with van der Waals surface area (Å²) in [7, 11) is -1.28. The van der Waals surface area contributed by atoms with Crippen LogP contribution in [0.25, 0.3) is 10.9 Å². The maximum absolute atomic E-state index is 11.9. The molecule has 0 unspecified atom stereocenters. The highest BCUT2D eigenvalue weighted by Gasteiger charge is 2.25. The van der Waals surface area contributed by atoms with Gasteiger partial charge in [-0.1, -0.05) is 25.6 Å². The molecule has 2 aliphatic rings. The van der Waals surface area contributed by atoms with Gasteiger partial charge in [-0.2, -0.15) is 0 Å². The van der Waals surface area contributed by atoms with E-state index < -0.39 is 9.84 Å². The van der Waals surface area contributed by atoms with Crippen LogP contribution in [0.1, 0.15) is 46.0 Å². The topological polar surface area (TPSA) is 93.6 Å². The van der Waals surface area contributed by atoms with Crippen LogP contribution in [0, 0.1) is 0 Å². The zero-order valence-corrected chi connectivity index (χ0v) is 22.0. The number of rotatable bonds is 10. The molecule has 2 fully saturated rings. The number of anilines is 1. The van der Waals surface area contributed by atoms with Crippen LogP contribution >= 0.6 is 11.8 Å². The molecule has 4 rings (SSSR count). The molecular weight excluding hydrogens is 472 g/mol. The van der Waals surface area contributed by atoms with Crippen LogP contribution in [-0.2, 0) is 9.84 Å². The predicted octanol–water partition coefficient (Wildman–Crippen LogP) is 3.99. The number of ether oxygens (including phenoxy) is 2. The lowest BCUT2D eigenvalue weighted by Crippen LogP contribution is -2.32. The highest BCUT2D eigenvalue weighted by atomic mass is 32.2. The number of sulfone groups is 1. The molecule has 0 saturated carbocycles. The van der Waals surface area contributed by atoms with Crippen molar-refractivity contribution >= 4 is 38.3 Å². The van der Waals surface area contributed by atoms with Gasteiger partial charge in [-0.25, -0.2) is 18.4 Å². The zero-order chi connectivity index (χ0) is 24.1. The first-order valence-corrected chi connectivity index (χ1v) is 14.9. The molecule has 8 nitrogen and oxygen atoms in total. The first-order valence-electron chi connectivity index (χ1n) is 12.2. The minimum atomic E-state index is -2.92. The summed E-state index contributed by atoms with van der Waals surface area (Å²) >= 11 is 1.60. The Hall–Kier alpha value is -1.78. The number of benzene rings is 1. The monoisotopic (exact) mass is 508 g/mol. The Morgan fingerprint density at radius 3 is 2.56 bits per heavy atom. The molecule has 1 aromatic heterocycles. The van der Waals surface area contributed by atoms with Crippen molar-refractivity contribution in [3.63, 3.8) is 0 Å². The summed E-state index contributed by atoms with van der Waals surface area (Å²) in [6.45, 7) is 8.28. The van der Waals surface area contributed by atoms with Gasteiger partial charge in [0.15, 0.2) is 16.7 Å². The van der Waals surface area contributed by atoms with E-state index in [2.05, 4.69) is 24.1 Å². The normalized spacial score (nSPS) is 19.1. The Morgan fingerprint density at radius 2 is 1.88 bits per heavy atom. The molecule has 0 aliphatic carbocycles. The van der Waals surface area contributed by atoms with E-state index >= 15 is 0 Å². The molecule has 3 heterocycles. The van der Waals surface area contributed by atoms with Crippen molar-refractivity contribution in [1.29, 1.82) is 0 Å². The van der Waals surface area contributed by atoms with Crippen molar-refractivity contribution in [2.45, 2.75) is 62.4 Å². The Morgan fingerprint density at radius 1 is 1.15 bits per heavy atom. The molecule has 0 bridgehead atoms. The summed E-state index contributed by atoms with van der Waals surface area (Å²) < 4.78 is 35.5. The van der Waals surface area contributed by atoms with E-state index in [0.717, 1.165) is 29.7 Å².